The van der Waals surface area contributed by atoms with Gasteiger partial charge in [-0.25, -0.2) is 4.79 Å². The van der Waals surface area contributed by atoms with Crippen molar-refractivity contribution in [2.75, 3.05) is 23.3 Å². The molecule has 1 saturated heterocycles. The normalized spacial score (nSPS) is 16.9. The van der Waals surface area contributed by atoms with Crippen molar-refractivity contribution in [3.63, 3.8) is 0 Å². The van der Waals surface area contributed by atoms with Gasteiger partial charge in [0.25, 0.3) is 0 Å². The largest absolute Gasteiger partial charge is 0.324 e. The van der Waals surface area contributed by atoms with E-state index in [0.717, 1.165) is 48.3 Å². The van der Waals surface area contributed by atoms with Crippen molar-refractivity contribution in [3.8, 4) is 0 Å². The Morgan fingerprint density at radius 3 is 2.55 bits per heavy atom. The van der Waals surface area contributed by atoms with Crippen LogP contribution in [0.2, 0.25) is 0 Å². The van der Waals surface area contributed by atoms with Gasteiger partial charge in [0.2, 0.25) is 5.91 Å². The molecule has 0 atom stereocenters. The molecule has 2 fully saturated rings. The molecule has 0 spiro atoms. The molecule has 0 radical (unpaired) electrons. The molecule has 0 bridgehead atoms. The molecule has 29 heavy (non-hydrogen) atoms. The molecule has 1 aliphatic heterocycles. The van der Waals surface area contributed by atoms with Crippen LogP contribution in [0.5, 0.6) is 0 Å². The van der Waals surface area contributed by atoms with Crippen molar-refractivity contribution >= 4 is 23.3 Å². The summed E-state index contributed by atoms with van der Waals surface area (Å²) < 4.78 is 0. The zero-order valence-electron chi connectivity index (χ0n) is 17.5. The smallest absolute Gasteiger partial charge is 0.324 e. The Bertz CT molecular complexity index is 949. The monoisotopic (exact) mass is 391 g/mol. The number of amides is 3. The molecule has 3 amide bonds. The van der Waals surface area contributed by atoms with E-state index in [1.165, 1.54) is 11.1 Å². The number of carbonyl (C=O) groups excluding carboxylic acids is 2. The third-order valence-electron chi connectivity index (χ3n) is 5.90. The molecule has 1 saturated carbocycles. The van der Waals surface area contributed by atoms with Crippen molar-refractivity contribution in [2.45, 2.75) is 46.6 Å². The first-order valence-corrected chi connectivity index (χ1v) is 10.5. The van der Waals surface area contributed by atoms with Crippen molar-refractivity contribution in [2.24, 2.45) is 5.92 Å². The summed E-state index contributed by atoms with van der Waals surface area (Å²) in [5.41, 5.74) is 6.25. The number of nitrogens with one attached hydrogen (secondary N) is 1. The van der Waals surface area contributed by atoms with Gasteiger partial charge in [0.15, 0.2) is 0 Å². The van der Waals surface area contributed by atoms with E-state index in [9.17, 15) is 9.59 Å². The van der Waals surface area contributed by atoms with Crippen LogP contribution >= 0.6 is 0 Å². The van der Waals surface area contributed by atoms with Crippen molar-refractivity contribution in [1.29, 1.82) is 0 Å². The van der Waals surface area contributed by atoms with Crippen LogP contribution in [0.1, 0.15) is 41.5 Å². The lowest BCUT2D eigenvalue weighted by molar-refractivity contribution is -0.117. The number of nitrogens with zero attached hydrogens (tertiary/aromatic N) is 2. The molecular weight excluding hydrogens is 362 g/mol. The minimum atomic E-state index is 0.000233. The third kappa shape index (κ3) is 4.29. The van der Waals surface area contributed by atoms with E-state index in [1.54, 1.807) is 0 Å². The highest BCUT2D eigenvalue weighted by molar-refractivity contribution is 6.02. The van der Waals surface area contributed by atoms with E-state index >= 15 is 0 Å². The van der Waals surface area contributed by atoms with Gasteiger partial charge in [-0.05, 0) is 74.4 Å². The Balaban J connectivity index is 1.55. The second-order valence-corrected chi connectivity index (χ2v) is 8.41. The van der Waals surface area contributed by atoms with Gasteiger partial charge in [-0.2, -0.15) is 0 Å². The van der Waals surface area contributed by atoms with Gasteiger partial charge >= 0.3 is 6.03 Å². The van der Waals surface area contributed by atoms with E-state index in [-0.39, 0.29) is 17.9 Å². The van der Waals surface area contributed by atoms with Gasteiger partial charge in [-0.3, -0.25) is 9.69 Å². The van der Waals surface area contributed by atoms with Crippen LogP contribution in [0.3, 0.4) is 0 Å². The molecule has 152 valence electrons. The molecule has 5 heteroatoms. The lowest BCUT2D eigenvalue weighted by atomic mass is 10.1. The maximum Gasteiger partial charge on any atom is 0.324 e. The molecule has 2 aromatic rings. The first kappa shape index (κ1) is 19.5. The zero-order valence-corrected chi connectivity index (χ0v) is 17.5. The Morgan fingerprint density at radius 2 is 1.83 bits per heavy atom. The van der Waals surface area contributed by atoms with Gasteiger partial charge in [0.1, 0.15) is 0 Å². The highest BCUT2D eigenvalue weighted by Gasteiger charge is 2.32. The second kappa shape index (κ2) is 7.90. The average Bonchev–Trinajstić information content (AvgIpc) is 3.52. The van der Waals surface area contributed by atoms with E-state index in [0.29, 0.717) is 13.1 Å². The van der Waals surface area contributed by atoms with E-state index < -0.39 is 0 Å². The number of aryl methyl sites for hydroxylation is 3. The molecule has 2 aliphatic rings. The number of urea groups is 1. The fourth-order valence-electron chi connectivity index (χ4n) is 3.84. The molecule has 4 rings (SSSR count). The number of hydrogen-bond acceptors (Lipinski definition) is 2. The summed E-state index contributed by atoms with van der Waals surface area (Å²) in [4.78, 5) is 29.3. The number of rotatable bonds is 5. The van der Waals surface area contributed by atoms with E-state index in [2.05, 4.69) is 37.4 Å². The highest BCUT2D eigenvalue weighted by Crippen LogP contribution is 2.34. The van der Waals surface area contributed by atoms with Crippen LogP contribution in [0.4, 0.5) is 16.2 Å². The Hall–Kier alpha value is -2.82. The number of hydrogen-bond donors (Lipinski definition) is 1. The van der Waals surface area contributed by atoms with Crippen molar-refractivity contribution < 1.29 is 9.59 Å². The number of carbonyl (C=O) groups is 2. The molecule has 1 N–H and O–H groups in total. The predicted molar refractivity (Wildman–Crippen MR) is 116 cm³/mol. The molecule has 0 unspecified atom stereocenters. The molecular formula is C24H29N3O2. The minimum Gasteiger partial charge on any atom is -0.324 e. The molecule has 5 nitrogen and oxygen atoms in total. The van der Waals surface area contributed by atoms with Crippen LogP contribution in [0.15, 0.2) is 36.4 Å². The van der Waals surface area contributed by atoms with Crippen LogP contribution in [0, 0.1) is 26.7 Å². The summed E-state index contributed by atoms with van der Waals surface area (Å²) in [6.45, 7) is 8.22. The molecule has 2 aromatic carbocycles. The average molecular weight is 392 g/mol. The van der Waals surface area contributed by atoms with Gasteiger partial charge in [0, 0.05) is 25.6 Å². The van der Waals surface area contributed by atoms with Crippen molar-refractivity contribution in [3.05, 3.63) is 58.7 Å². The van der Waals surface area contributed by atoms with E-state index in [1.807, 2.05) is 34.9 Å². The molecule has 0 aromatic heterocycles. The van der Waals surface area contributed by atoms with Crippen LogP contribution in [0.25, 0.3) is 0 Å². The third-order valence-corrected chi connectivity index (χ3v) is 5.90. The minimum absolute atomic E-state index is 0.000233. The van der Waals surface area contributed by atoms with Gasteiger partial charge in [0.05, 0.1) is 11.4 Å². The summed E-state index contributed by atoms with van der Waals surface area (Å²) >= 11 is 0. The van der Waals surface area contributed by atoms with E-state index in [4.69, 9.17) is 0 Å². The first-order chi connectivity index (χ1) is 13.9. The SMILES string of the molecule is Cc1ccc(N2CCCN(Cc3ccc(C)c(C)c3)C2=O)c(NC(=O)C2CC2)c1. The second-order valence-electron chi connectivity index (χ2n) is 8.41. The molecule has 1 heterocycles. The van der Waals surface area contributed by atoms with Crippen LogP contribution in [-0.2, 0) is 11.3 Å². The summed E-state index contributed by atoms with van der Waals surface area (Å²) in [7, 11) is 0. The van der Waals surface area contributed by atoms with Gasteiger partial charge in [-0.15, -0.1) is 0 Å². The lowest BCUT2D eigenvalue weighted by Gasteiger charge is -2.36. The first-order valence-electron chi connectivity index (χ1n) is 10.5. The lowest BCUT2D eigenvalue weighted by Crippen LogP contribution is -2.49. The predicted octanol–water partition coefficient (Wildman–Crippen LogP) is 4.79. The topological polar surface area (TPSA) is 52.6 Å². The van der Waals surface area contributed by atoms with Gasteiger partial charge < -0.3 is 10.2 Å². The highest BCUT2D eigenvalue weighted by atomic mass is 16.2. The summed E-state index contributed by atoms with van der Waals surface area (Å²) in [5.74, 6) is 0.190. The Labute approximate surface area is 172 Å². The fourth-order valence-corrected chi connectivity index (χ4v) is 3.84. The summed E-state index contributed by atoms with van der Waals surface area (Å²) in [6, 6.07) is 12.3. The number of benzene rings is 2. The Morgan fingerprint density at radius 1 is 1.03 bits per heavy atom. The standard InChI is InChI=1S/C24H29N3O2/c1-16-5-10-22(21(13-16)25-23(28)20-8-9-20)27-12-4-11-26(24(27)29)15-19-7-6-17(2)18(3)14-19/h5-7,10,13-14,20H,4,8-9,11-12,15H2,1-3H3,(H,25,28). The number of anilines is 2. The molecule has 1 aliphatic carbocycles. The van der Waals surface area contributed by atoms with Gasteiger partial charge in [-0.1, -0.05) is 24.3 Å². The maximum absolute atomic E-state index is 13.3. The fraction of sp³-hybridized carbons (Fsp3) is 0.417. The summed E-state index contributed by atoms with van der Waals surface area (Å²) in [6.07, 6.45) is 2.82. The quantitative estimate of drug-likeness (QED) is 0.796. The van der Waals surface area contributed by atoms with Crippen LogP contribution in [-0.4, -0.2) is 29.9 Å². The van der Waals surface area contributed by atoms with Crippen LogP contribution < -0.4 is 10.2 Å². The van der Waals surface area contributed by atoms with Crippen molar-refractivity contribution in [1.82, 2.24) is 4.90 Å². The zero-order chi connectivity index (χ0) is 20.5. The Kier molecular flexibility index (Phi) is 5.31. The summed E-state index contributed by atoms with van der Waals surface area (Å²) in [5, 5.41) is 3.06. The maximum atomic E-state index is 13.3.